The molecule has 0 aromatic carbocycles. The van der Waals surface area contributed by atoms with Crippen LogP contribution >= 0.6 is 0 Å². The van der Waals surface area contributed by atoms with E-state index in [1.54, 1.807) is 0 Å². The third-order valence-electron chi connectivity index (χ3n) is 4.21. The zero-order valence-corrected chi connectivity index (χ0v) is 17.7. The van der Waals surface area contributed by atoms with Crippen molar-refractivity contribution in [3.8, 4) is 0 Å². The number of carbonyl (C=O) groups is 6. The summed E-state index contributed by atoms with van der Waals surface area (Å²) in [5, 5.41) is 34.3. The average molecular weight is 472 g/mol. The van der Waals surface area contributed by atoms with Crippen molar-refractivity contribution in [3.63, 3.8) is 0 Å². The number of carboxylic acid groups (broad SMARTS) is 1. The predicted octanol–water partition coefficient (Wildman–Crippen LogP) is -4.36. The monoisotopic (exact) mass is 472 g/mol. The van der Waals surface area contributed by atoms with E-state index in [2.05, 4.69) is 26.8 Å². The van der Waals surface area contributed by atoms with E-state index >= 15 is 0 Å². The van der Waals surface area contributed by atoms with Crippen LogP contribution in [0, 0.1) is 0 Å². The third-order valence-corrected chi connectivity index (χ3v) is 4.21. The number of hydrogen-bond donors (Lipinski definition) is 8. The van der Waals surface area contributed by atoms with Gasteiger partial charge in [0.05, 0.1) is 19.6 Å². The quantitative estimate of drug-likeness (QED) is 0.0948. The summed E-state index contributed by atoms with van der Waals surface area (Å²) in [5.74, 6) is -4.20. The minimum absolute atomic E-state index is 0.0380. The van der Waals surface area contributed by atoms with Gasteiger partial charge in [-0.25, -0.2) is 4.90 Å². The molecular weight excluding hydrogens is 444 g/mol. The number of aliphatic hydroxyl groups is 2. The van der Waals surface area contributed by atoms with Gasteiger partial charge < -0.3 is 31.3 Å². The Morgan fingerprint density at radius 3 is 1.70 bits per heavy atom. The summed E-state index contributed by atoms with van der Waals surface area (Å²) in [4.78, 5) is 69.6. The Balaban J connectivity index is 2.09. The number of amides is 5. The summed E-state index contributed by atoms with van der Waals surface area (Å²) in [6.07, 6.45) is 0.539. The zero-order valence-electron chi connectivity index (χ0n) is 17.7. The van der Waals surface area contributed by atoms with Gasteiger partial charge in [-0.1, -0.05) is 0 Å². The highest BCUT2D eigenvalue weighted by atomic mass is 16.4. The molecule has 0 unspecified atom stereocenters. The van der Waals surface area contributed by atoms with Crippen molar-refractivity contribution >= 4 is 35.5 Å². The zero-order chi connectivity index (χ0) is 24.8. The summed E-state index contributed by atoms with van der Waals surface area (Å²) in [5.41, 5.74) is 4.19. The van der Waals surface area contributed by atoms with Gasteiger partial charge in [0, 0.05) is 25.8 Å². The first kappa shape index (κ1) is 27.5. The van der Waals surface area contributed by atoms with E-state index < -0.39 is 67.6 Å². The summed E-state index contributed by atoms with van der Waals surface area (Å²) in [6.45, 7) is -1.30. The Hall–Kier alpha value is -3.56. The standard InChI is InChI=1S/C18H28N6O9/c25-11(2-1-3-18(32)33)19-8-13(27)20-9-14(28)21-10-15(29)23-22-12(26)6-7-24-16(30)4-5-17(24)31/h4-5,16-17,30-31H,1-3,6-10H2,(H,19,25)(H,20,27)(H,21,28)(H,22,26)(H,23,29)(H,32,33)/t16-,17+. The smallest absolute Gasteiger partial charge is 0.303 e. The number of rotatable bonds is 13. The van der Waals surface area contributed by atoms with Crippen molar-refractivity contribution in [2.24, 2.45) is 0 Å². The number of nitrogens with one attached hydrogen (secondary N) is 5. The molecule has 0 aromatic rings. The van der Waals surface area contributed by atoms with Crippen molar-refractivity contribution in [3.05, 3.63) is 12.2 Å². The third kappa shape index (κ3) is 12.2. The number of nitrogens with zero attached hydrogens (tertiary/aromatic N) is 1. The van der Waals surface area contributed by atoms with Crippen LogP contribution in [0.4, 0.5) is 0 Å². The molecule has 2 atom stereocenters. The van der Waals surface area contributed by atoms with Crippen molar-refractivity contribution in [2.45, 2.75) is 38.1 Å². The predicted molar refractivity (Wildman–Crippen MR) is 109 cm³/mol. The molecule has 0 radical (unpaired) electrons. The number of carbonyl (C=O) groups excluding carboxylic acids is 5. The van der Waals surface area contributed by atoms with E-state index in [9.17, 15) is 39.0 Å². The highest BCUT2D eigenvalue weighted by Crippen LogP contribution is 2.12. The molecule has 0 aliphatic carbocycles. The van der Waals surface area contributed by atoms with E-state index in [1.807, 2.05) is 0 Å². The first-order chi connectivity index (χ1) is 15.6. The Morgan fingerprint density at radius 1 is 0.667 bits per heavy atom. The number of hydrogen-bond acceptors (Lipinski definition) is 9. The highest BCUT2D eigenvalue weighted by Gasteiger charge is 2.25. The molecular formula is C18H28N6O9. The number of aliphatic hydroxyl groups excluding tert-OH is 2. The molecule has 15 heteroatoms. The Morgan fingerprint density at radius 2 is 1.15 bits per heavy atom. The molecule has 0 spiro atoms. The van der Waals surface area contributed by atoms with E-state index in [0.29, 0.717) is 0 Å². The van der Waals surface area contributed by atoms with Gasteiger partial charge in [-0.3, -0.25) is 39.6 Å². The van der Waals surface area contributed by atoms with E-state index in [1.165, 1.54) is 17.1 Å². The van der Waals surface area contributed by atoms with Crippen molar-refractivity contribution in [1.29, 1.82) is 0 Å². The Kier molecular flexibility index (Phi) is 12.1. The SMILES string of the molecule is O=C(O)CCCC(=O)NCC(=O)NCC(=O)NCC(=O)NNC(=O)CCN1[C@H](O)C=C[C@@H]1O. The normalized spacial score (nSPS) is 17.2. The molecule has 0 aromatic heterocycles. The van der Waals surface area contributed by atoms with Gasteiger partial charge in [-0.05, 0) is 18.6 Å². The second-order valence-corrected chi connectivity index (χ2v) is 6.87. The van der Waals surface area contributed by atoms with Crippen molar-refractivity contribution in [2.75, 3.05) is 26.2 Å². The molecule has 1 aliphatic rings. The minimum atomic E-state index is -1.03. The van der Waals surface area contributed by atoms with Gasteiger partial charge in [0.25, 0.3) is 5.91 Å². The number of aliphatic carboxylic acids is 1. The summed E-state index contributed by atoms with van der Waals surface area (Å²) in [7, 11) is 0. The molecule has 0 saturated carbocycles. The maximum atomic E-state index is 11.7. The molecule has 0 saturated heterocycles. The fourth-order valence-electron chi connectivity index (χ4n) is 2.47. The fourth-order valence-corrected chi connectivity index (χ4v) is 2.47. The van der Waals surface area contributed by atoms with Crippen LogP contribution < -0.4 is 26.8 Å². The number of hydrazine groups is 1. The largest absolute Gasteiger partial charge is 0.481 e. The van der Waals surface area contributed by atoms with Crippen LogP contribution in [0.5, 0.6) is 0 Å². The minimum Gasteiger partial charge on any atom is -0.481 e. The first-order valence-electron chi connectivity index (χ1n) is 9.98. The summed E-state index contributed by atoms with van der Waals surface area (Å²) in [6, 6.07) is 0. The molecule has 1 heterocycles. The fraction of sp³-hybridized carbons (Fsp3) is 0.556. The molecule has 15 nitrogen and oxygen atoms in total. The molecule has 0 fully saturated rings. The van der Waals surface area contributed by atoms with E-state index in [0.717, 1.165) is 0 Å². The van der Waals surface area contributed by atoms with Crippen LogP contribution in [0.2, 0.25) is 0 Å². The second kappa shape index (κ2) is 14.5. The van der Waals surface area contributed by atoms with Gasteiger partial charge in [0.2, 0.25) is 23.6 Å². The number of carboxylic acids is 1. The second-order valence-electron chi connectivity index (χ2n) is 6.87. The highest BCUT2D eigenvalue weighted by molar-refractivity contribution is 5.90. The van der Waals surface area contributed by atoms with E-state index in [4.69, 9.17) is 5.11 Å². The molecule has 5 amide bonds. The van der Waals surface area contributed by atoms with Crippen LogP contribution in [-0.4, -0.2) is 94.4 Å². The summed E-state index contributed by atoms with van der Waals surface area (Å²) < 4.78 is 0. The van der Waals surface area contributed by atoms with Crippen LogP contribution in [-0.2, 0) is 28.8 Å². The molecule has 33 heavy (non-hydrogen) atoms. The Labute approximate surface area is 188 Å². The molecule has 1 aliphatic heterocycles. The van der Waals surface area contributed by atoms with E-state index in [-0.39, 0.29) is 32.2 Å². The van der Waals surface area contributed by atoms with Crippen LogP contribution in [0.3, 0.4) is 0 Å². The lowest BCUT2D eigenvalue weighted by molar-refractivity contribution is -0.137. The van der Waals surface area contributed by atoms with Crippen molar-refractivity contribution < 1.29 is 44.1 Å². The van der Waals surface area contributed by atoms with Crippen LogP contribution in [0.1, 0.15) is 25.7 Å². The lowest BCUT2D eigenvalue weighted by atomic mass is 10.2. The van der Waals surface area contributed by atoms with Gasteiger partial charge in [-0.15, -0.1) is 0 Å². The lowest BCUT2D eigenvalue weighted by Gasteiger charge is -2.23. The lowest BCUT2D eigenvalue weighted by Crippen LogP contribution is -2.49. The van der Waals surface area contributed by atoms with Gasteiger partial charge in [0.1, 0.15) is 12.5 Å². The maximum absolute atomic E-state index is 11.7. The average Bonchev–Trinajstić information content (AvgIpc) is 3.08. The summed E-state index contributed by atoms with van der Waals surface area (Å²) >= 11 is 0. The molecule has 0 bridgehead atoms. The molecule has 8 N–H and O–H groups in total. The molecule has 1 rings (SSSR count). The van der Waals surface area contributed by atoms with Gasteiger partial charge in [-0.2, -0.15) is 0 Å². The first-order valence-corrected chi connectivity index (χ1v) is 9.98. The van der Waals surface area contributed by atoms with Crippen LogP contribution in [0.25, 0.3) is 0 Å². The van der Waals surface area contributed by atoms with Crippen LogP contribution in [0.15, 0.2) is 12.2 Å². The topological polar surface area (TPSA) is 226 Å². The van der Waals surface area contributed by atoms with Gasteiger partial charge in [0.15, 0.2) is 0 Å². The molecule has 184 valence electrons. The van der Waals surface area contributed by atoms with Gasteiger partial charge >= 0.3 is 5.97 Å². The maximum Gasteiger partial charge on any atom is 0.303 e. The van der Waals surface area contributed by atoms with Crippen molar-refractivity contribution in [1.82, 2.24) is 31.7 Å². The Bertz CT molecular complexity index is 761.